The lowest BCUT2D eigenvalue weighted by molar-refractivity contribution is -0.126. The summed E-state index contributed by atoms with van der Waals surface area (Å²) in [4.78, 5) is 15.3. The molecule has 2 aliphatic heterocycles. The molecule has 0 spiro atoms. The monoisotopic (exact) mass is 350 g/mol. The van der Waals surface area contributed by atoms with Crippen LogP contribution < -0.4 is 0 Å². The Hall–Kier alpha value is -1.87. The second kappa shape index (κ2) is 6.70. The molecule has 3 heterocycles. The molecule has 2 aliphatic rings. The quantitative estimate of drug-likeness (QED) is 0.808. The summed E-state index contributed by atoms with van der Waals surface area (Å²) >= 11 is 0. The van der Waals surface area contributed by atoms with Gasteiger partial charge in [0.25, 0.3) is 0 Å². The molecule has 2 aromatic rings. The number of aromatic nitrogens is 1. The van der Waals surface area contributed by atoms with Crippen LogP contribution in [0.15, 0.2) is 36.5 Å². The van der Waals surface area contributed by atoms with Crippen molar-refractivity contribution < 1.29 is 4.79 Å². The highest BCUT2D eigenvalue weighted by molar-refractivity contribution is 5.83. The molecule has 0 aliphatic carbocycles. The van der Waals surface area contributed by atoms with Crippen LogP contribution in [0.2, 0.25) is 0 Å². The van der Waals surface area contributed by atoms with Crippen molar-refractivity contribution in [3.8, 4) is 11.3 Å². The van der Waals surface area contributed by atoms with Crippen LogP contribution in [0.1, 0.15) is 49.7 Å². The van der Waals surface area contributed by atoms with Gasteiger partial charge in [0.2, 0.25) is 0 Å². The second-order valence-electron chi connectivity index (χ2n) is 8.23. The molecule has 2 bridgehead atoms. The average molecular weight is 351 g/mol. The molecule has 1 aromatic carbocycles. The molecule has 138 valence electrons. The third-order valence-electron chi connectivity index (χ3n) is 6.88. The van der Waals surface area contributed by atoms with Gasteiger partial charge in [0.1, 0.15) is 5.78 Å². The van der Waals surface area contributed by atoms with E-state index in [4.69, 9.17) is 0 Å². The van der Waals surface area contributed by atoms with Gasteiger partial charge in [0.05, 0.1) is 5.69 Å². The summed E-state index contributed by atoms with van der Waals surface area (Å²) in [7, 11) is 4.32. The lowest BCUT2D eigenvalue weighted by atomic mass is 9.73. The third-order valence-corrected chi connectivity index (χ3v) is 6.88. The number of piperidine rings is 1. The lowest BCUT2D eigenvalue weighted by Gasteiger charge is -2.42. The second-order valence-corrected chi connectivity index (χ2v) is 8.23. The third kappa shape index (κ3) is 2.73. The summed E-state index contributed by atoms with van der Waals surface area (Å²) in [5.41, 5.74) is 5.18. The molecule has 2 fully saturated rings. The van der Waals surface area contributed by atoms with Crippen molar-refractivity contribution in [1.82, 2.24) is 9.47 Å². The zero-order valence-corrected chi connectivity index (χ0v) is 16.4. The number of fused-ring (bicyclic) bond motifs is 2. The predicted octanol–water partition coefficient (Wildman–Crippen LogP) is 4.55. The van der Waals surface area contributed by atoms with Crippen molar-refractivity contribution >= 4 is 5.78 Å². The van der Waals surface area contributed by atoms with Gasteiger partial charge in [-0.05, 0) is 61.9 Å². The van der Waals surface area contributed by atoms with Crippen molar-refractivity contribution in [3.05, 3.63) is 47.7 Å². The number of benzene rings is 1. The minimum atomic E-state index is 0.159. The number of Topliss-reactive ketones (excluding diaryl/α,β-unsaturated/α-hetero) is 1. The Kier molecular flexibility index (Phi) is 4.52. The van der Waals surface area contributed by atoms with Crippen molar-refractivity contribution in [2.75, 3.05) is 7.05 Å². The standard InChI is InChI=1S/C23H30N2O/c1-5-21(26)22-19(14-18-10-11-20(22)25(18)4)16-6-8-17(9-7-16)23-15(2)12-13-24(23)3/h6-9,12-13,18-20,22H,5,10-11,14H2,1-4H3/t18-,19+,20+,22-/m0/s1. The van der Waals surface area contributed by atoms with Crippen LogP contribution in [-0.4, -0.2) is 34.4 Å². The number of ketones is 1. The van der Waals surface area contributed by atoms with E-state index >= 15 is 0 Å². The summed E-state index contributed by atoms with van der Waals surface area (Å²) in [6.07, 6.45) is 6.30. The molecular weight excluding hydrogens is 320 g/mol. The molecule has 4 atom stereocenters. The Labute approximate surface area is 157 Å². The van der Waals surface area contributed by atoms with Crippen LogP contribution in [0.4, 0.5) is 0 Å². The largest absolute Gasteiger partial charge is 0.350 e. The van der Waals surface area contributed by atoms with E-state index in [-0.39, 0.29) is 5.92 Å². The summed E-state index contributed by atoms with van der Waals surface area (Å²) < 4.78 is 2.18. The molecule has 0 amide bonds. The Morgan fingerprint density at radius 2 is 1.85 bits per heavy atom. The van der Waals surface area contributed by atoms with Crippen LogP contribution in [0, 0.1) is 12.8 Å². The molecule has 1 aromatic heterocycles. The molecule has 0 unspecified atom stereocenters. The fraction of sp³-hybridized carbons (Fsp3) is 0.522. The number of aryl methyl sites for hydroxylation is 2. The highest BCUT2D eigenvalue weighted by Gasteiger charge is 2.48. The van der Waals surface area contributed by atoms with Gasteiger partial charge in [-0.2, -0.15) is 0 Å². The first kappa shape index (κ1) is 17.5. The first-order valence-electron chi connectivity index (χ1n) is 9.98. The summed E-state index contributed by atoms with van der Waals surface area (Å²) in [5.74, 6) is 0.973. The fourth-order valence-corrected chi connectivity index (χ4v) is 5.46. The predicted molar refractivity (Wildman–Crippen MR) is 106 cm³/mol. The lowest BCUT2D eigenvalue weighted by Crippen LogP contribution is -2.48. The number of carbonyl (C=O) groups excluding carboxylic acids is 1. The SMILES string of the molecule is CCC(=O)[C@H]1[C@@H](c2ccc(-c3c(C)ccn3C)cc2)C[C@@H]2CC[C@H]1N2C. The maximum atomic E-state index is 12.8. The summed E-state index contributed by atoms with van der Waals surface area (Å²) in [5, 5.41) is 0. The number of hydrogen-bond donors (Lipinski definition) is 0. The van der Waals surface area contributed by atoms with Crippen LogP contribution in [0.25, 0.3) is 11.3 Å². The van der Waals surface area contributed by atoms with Gasteiger partial charge < -0.3 is 4.57 Å². The molecule has 4 rings (SSSR count). The van der Waals surface area contributed by atoms with E-state index in [1.807, 2.05) is 6.92 Å². The van der Waals surface area contributed by atoms with Crippen LogP contribution in [-0.2, 0) is 11.8 Å². The van der Waals surface area contributed by atoms with E-state index in [1.165, 1.54) is 35.2 Å². The van der Waals surface area contributed by atoms with Gasteiger partial charge in [-0.15, -0.1) is 0 Å². The molecule has 2 saturated heterocycles. The molecule has 0 radical (unpaired) electrons. The maximum Gasteiger partial charge on any atom is 0.137 e. The summed E-state index contributed by atoms with van der Waals surface area (Å²) in [6.45, 7) is 4.18. The number of rotatable bonds is 4. The Bertz CT molecular complexity index is 785. The van der Waals surface area contributed by atoms with Crippen molar-refractivity contribution in [1.29, 1.82) is 0 Å². The van der Waals surface area contributed by atoms with Gasteiger partial charge in [-0.1, -0.05) is 31.2 Å². The number of carbonyl (C=O) groups is 1. The first-order chi connectivity index (χ1) is 12.5. The summed E-state index contributed by atoms with van der Waals surface area (Å²) in [6, 6.07) is 12.3. The van der Waals surface area contributed by atoms with E-state index in [1.54, 1.807) is 0 Å². The van der Waals surface area contributed by atoms with Crippen molar-refractivity contribution in [2.24, 2.45) is 13.0 Å². The minimum Gasteiger partial charge on any atom is -0.350 e. The van der Waals surface area contributed by atoms with Gasteiger partial charge in [0, 0.05) is 37.7 Å². The Morgan fingerprint density at radius 1 is 1.12 bits per heavy atom. The number of nitrogens with zero attached hydrogens (tertiary/aromatic N) is 2. The smallest absolute Gasteiger partial charge is 0.137 e. The normalized spacial score (nSPS) is 28.5. The van der Waals surface area contributed by atoms with E-state index in [0.717, 1.165) is 6.42 Å². The van der Waals surface area contributed by atoms with E-state index in [9.17, 15) is 4.79 Å². The van der Waals surface area contributed by atoms with Gasteiger partial charge in [-0.25, -0.2) is 0 Å². The van der Waals surface area contributed by atoms with Crippen molar-refractivity contribution in [2.45, 2.75) is 57.5 Å². The molecule has 3 heteroatoms. The highest BCUT2D eigenvalue weighted by atomic mass is 16.1. The zero-order chi connectivity index (χ0) is 18.4. The molecule has 3 nitrogen and oxygen atoms in total. The molecule has 0 saturated carbocycles. The van der Waals surface area contributed by atoms with Gasteiger partial charge >= 0.3 is 0 Å². The van der Waals surface area contributed by atoms with E-state index in [0.29, 0.717) is 30.2 Å². The van der Waals surface area contributed by atoms with Crippen LogP contribution in [0.3, 0.4) is 0 Å². The Morgan fingerprint density at radius 3 is 2.46 bits per heavy atom. The van der Waals surface area contributed by atoms with E-state index in [2.05, 4.69) is 67.0 Å². The van der Waals surface area contributed by atoms with Gasteiger partial charge in [-0.3, -0.25) is 9.69 Å². The first-order valence-corrected chi connectivity index (χ1v) is 9.98. The maximum absolute atomic E-state index is 12.8. The molecule has 0 N–H and O–H groups in total. The van der Waals surface area contributed by atoms with Gasteiger partial charge in [0.15, 0.2) is 0 Å². The van der Waals surface area contributed by atoms with E-state index < -0.39 is 0 Å². The fourth-order valence-electron chi connectivity index (χ4n) is 5.46. The zero-order valence-electron chi connectivity index (χ0n) is 16.4. The minimum absolute atomic E-state index is 0.159. The topological polar surface area (TPSA) is 25.2 Å². The molecular formula is C23H30N2O. The Balaban J connectivity index is 1.67. The molecule has 26 heavy (non-hydrogen) atoms. The average Bonchev–Trinajstić information content (AvgIpc) is 3.09. The highest BCUT2D eigenvalue weighted by Crippen LogP contribution is 2.47. The van der Waals surface area contributed by atoms with Crippen LogP contribution in [0.5, 0.6) is 0 Å². The van der Waals surface area contributed by atoms with Crippen molar-refractivity contribution in [3.63, 3.8) is 0 Å². The van der Waals surface area contributed by atoms with Crippen LogP contribution >= 0.6 is 0 Å². The number of hydrogen-bond acceptors (Lipinski definition) is 2.